The van der Waals surface area contributed by atoms with Crippen molar-refractivity contribution >= 4 is 12.0 Å². The number of amides is 2. The molecule has 2 rings (SSSR count). The fraction of sp³-hybridized carbons (Fsp3) is 0.688. The Labute approximate surface area is 141 Å². The largest absolute Gasteiger partial charge is 0.444 e. The van der Waals surface area contributed by atoms with Crippen LogP contribution in [0.2, 0.25) is 0 Å². The van der Waals surface area contributed by atoms with Crippen LogP contribution in [-0.2, 0) is 16.1 Å². The van der Waals surface area contributed by atoms with Gasteiger partial charge >= 0.3 is 6.09 Å². The highest BCUT2D eigenvalue weighted by Gasteiger charge is 2.50. The molecule has 1 fully saturated rings. The van der Waals surface area contributed by atoms with E-state index in [-0.39, 0.29) is 25.4 Å². The predicted octanol–water partition coefficient (Wildman–Crippen LogP) is 1.36. The van der Waals surface area contributed by atoms with Crippen molar-refractivity contribution in [3.05, 3.63) is 17.5 Å². The van der Waals surface area contributed by atoms with Gasteiger partial charge in [-0.3, -0.25) is 9.69 Å². The number of hydrogen-bond acceptors (Lipinski definition) is 6. The Bertz CT molecular complexity index is 621. The number of aliphatic hydroxyl groups is 1. The molecular formula is C16H25N3O5. The second-order valence-electron chi connectivity index (χ2n) is 7.33. The maximum Gasteiger partial charge on any atom is 0.411 e. The first kappa shape index (κ1) is 18.3. The van der Waals surface area contributed by atoms with E-state index in [4.69, 9.17) is 9.26 Å². The first-order valence-electron chi connectivity index (χ1n) is 7.90. The molecular weight excluding hydrogens is 314 g/mol. The zero-order chi connectivity index (χ0) is 18.1. The molecule has 8 heteroatoms. The molecule has 2 N–H and O–H groups in total. The predicted molar refractivity (Wildman–Crippen MR) is 85.1 cm³/mol. The van der Waals surface area contributed by atoms with Gasteiger partial charge in [0.15, 0.2) is 0 Å². The van der Waals surface area contributed by atoms with E-state index in [0.29, 0.717) is 11.5 Å². The Morgan fingerprint density at radius 1 is 1.54 bits per heavy atom. The van der Waals surface area contributed by atoms with Gasteiger partial charge in [-0.2, -0.15) is 0 Å². The molecule has 0 saturated carbocycles. The molecule has 2 amide bonds. The Morgan fingerprint density at radius 3 is 2.75 bits per heavy atom. The number of aryl methyl sites for hydroxylation is 1. The molecule has 1 saturated heterocycles. The van der Waals surface area contributed by atoms with Crippen LogP contribution in [0.3, 0.4) is 0 Å². The van der Waals surface area contributed by atoms with Crippen LogP contribution in [0.1, 0.15) is 45.6 Å². The quantitative estimate of drug-likeness (QED) is 0.861. The normalized spacial score (nSPS) is 24.1. The number of carbonyl (C=O) groups is 2. The van der Waals surface area contributed by atoms with Crippen LogP contribution in [0.15, 0.2) is 10.6 Å². The summed E-state index contributed by atoms with van der Waals surface area (Å²) in [5.74, 6) is 0.280. The summed E-state index contributed by atoms with van der Waals surface area (Å²) in [5.41, 5.74) is -1.27. The fourth-order valence-corrected chi connectivity index (χ4v) is 2.72. The van der Waals surface area contributed by atoms with Crippen LogP contribution in [0, 0.1) is 6.92 Å². The van der Waals surface area contributed by atoms with Gasteiger partial charge in [-0.25, -0.2) is 4.79 Å². The molecule has 2 unspecified atom stereocenters. The van der Waals surface area contributed by atoms with Crippen molar-refractivity contribution in [2.24, 2.45) is 0 Å². The Morgan fingerprint density at radius 2 is 2.21 bits per heavy atom. The van der Waals surface area contributed by atoms with Crippen LogP contribution in [0.25, 0.3) is 0 Å². The molecule has 0 spiro atoms. The van der Waals surface area contributed by atoms with Gasteiger partial charge < -0.3 is 19.7 Å². The fourth-order valence-electron chi connectivity index (χ4n) is 2.72. The molecule has 0 bridgehead atoms. The number of β-amino-alcohol motifs (C(OH)–C–C–N with tert-alkyl or cyclic N) is 1. The summed E-state index contributed by atoms with van der Waals surface area (Å²) in [6, 6.07) is 1.72. The summed E-state index contributed by atoms with van der Waals surface area (Å²) in [4.78, 5) is 26.3. The second-order valence-corrected chi connectivity index (χ2v) is 7.33. The second kappa shape index (κ2) is 6.43. The summed E-state index contributed by atoms with van der Waals surface area (Å²) < 4.78 is 10.3. The highest BCUT2D eigenvalue weighted by molar-refractivity contribution is 5.90. The molecule has 0 aromatic carbocycles. The van der Waals surface area contributed by atoms with Gasteiger partial charge in [-0.15, -0.1) is 0 Å². The Balaban J connectivity index is 2.08. The van der Waals surface area contributed by atoms with E-state index < -0.39 is 23.3 Å². The lowest BCUT2D eigenvalue weighted by Crippen LogP contribution is -2.56. The van der Waals surface area contributed by atoms with Crippen LogP contribution in [-0.4, -0.2) is 51.0 Å². The maximum absolute atomic E-state index is 12.6. The molecule has 24 heavy (non-hydrogen) atoms. The van der Waals surface area contributed by atoms with Gasteiger partial charge in [0.2, 0.25) is 5.91 Å². The van der Waals surface area contributed by atoms with E-state index >= 15 is 0 Å². The third kappa shape index (κ3) is 4.05. The summed E-state index contributed by atoms with van der Waals surface area (Å²) in [5, 5.41) is 16.5. The van der Waals surface area contributed by atoms with Crippen molar-refractivity contribution in [1.29, 1.82) is 0 Å². The lowest BCUT2D eigenvalue weighted by molar-refractivity contribution is -0.131. The monoisotopic (exact) mass is 339 g/mol. The van der Waals surface area contributed by atoms with Crippen molar-refractivity contribution in [2.45, 2.75) is 64.8 Å². The van der Waals surface area contributed by atoms with Gasteiger partial charge in [-0.05, 0) is 34.6 Å². The minimum Gasteiger partial charge on any atom is -0.444 e. The Hall–Kier alpha value is -2.09. The minimum atomic E-state index is -1.18. The highest BCUT2D eigenvalue weighted by Crippen LogP contribution is 2.31. The van der Waals surface area contributed by atoms with Gasteiger partial charge in [0.25, 0.3) is 0 Å². The standard InChI is InChI=1S/C16H25N3O5/c1-10-6-11(18-24-10)8-17-13(21)16(5)7-12(20)9-19(16)14(22)23-15(2,3)4/h6,12,20H,7-9H2,1-5H3,(H,17,21). The van der Waals surface area contributed by atoms with Gasteiger partial charge in [0.05, 0.1) is 19.2 Å². The molecule has 2 atom stereocenters. The van der Waals surface area contributed by atoms with Gasteiger partial charge in [0, 0.05) is 12.5 Å². The zero-order valence-electron chi connectivity index (χ0n) is 14.8. The number of carbonyl (C=O) groups excluding carboxylic acids is 2. The number of likely N-dealkylation sites (tertiary alicyclic amines) is 1. The van der Waals surface area contributed by atoms with Crippen LogP contribution in [0.4, 0.5) is 4.79 Å². The molecule has 0 aliphatic carbocycles. The van der Waals surface area contributed by atoms with Crippen molar-refractivity contribution in [3.8, 4) is 0 Å². The summed E-state index contributed by atoms with van der Waals surface area (Å²) >= 11 is 0. The Kier molecular flexibility index (Phi) is 4.89. The zero-order valence-corrected chi connectivity index (χ0v) is 14.8. The van der Waals surface area contributed by atoms with Gasteiger partial charge in [0.1, 0.15) is 22.6 Å². The molecule has 8 nitrogen and oxygen atoms in total. The molecule has 134 valence electrons. The average molecular weight is 339 g/mol. The molecule has 1 aromatic rings. The third-order valence-corrected chi connectivity index (χ3v) is 3.83. The van der Waals surface area contributed by atoms with Gasteiger partial charge in [-0.1, -0.05) is 5.16 Å². The first-order valence-corrected chi connectivity index (χ1v) is 7.90. The van der Waals surface area contributed by atoms with Crippen LogP contribution < -0.4 is 5.32 Å². The number of nitrogens with one attached hydrogen (secondary N) is 1. The molecule has 0 radical (unpaired) electrons. The minimum absolute atomic E-state index is 0.0574. The summed E-state index contributed by atoms with van der Waals surface area (Å²) in [6.07, 6.45) is -1.24. The topological polar surface area (TPSA) is 105 Å². The smallest absolute Gasteiger partial charge is 0.411 e. The number of nitrogens with zero attached hydrogens (tertiary/aromatic N) is 2. The van der Waals surface area contributed by atoms with E-state index in [1.807, 2.05) is 0 Å². The highest BCUT2D eigenvalue weighted by atomic mass is 16.6. The van der Waals surface area contributed by atoms with Crippen molar-refractivity contribution in [2.75, 3.05) is 6.54 Å². The van der Waals surface area contributed by atoms with E-state index in [2.05, 4.69) is 10.5 Å². The van der Waals surface area contributed by atoms with Crippen molar-refractivity contribution in [1.82, 2.24) is 15.4 Å². The van der Waals surface area contributed by atoms with E-state index in [1.54, 1.807) is 40.7 Å². The third-order valence-electron chi connectivity index (χ3n) is 3.83. The average Bonchev–Trinajstić information content (AvgIpc) is 2.98. The molecule has 1 aliphatic heterocycles. The molecule has 1 aromatic heterocycles. The van der Waals surface area contributed by atoms with E-state index in [1.165, 1.54) is 4.90 Å². The molecule has 2 heterocycles. The SMILES string of the molecule is Cc1cc(CNC(=O)C2(C)CC(O)CN2C(=O)OC(C)(C)C)no1. The van der Waals surface area contributed by atoms with E-state index in [9.17, 15) is 14.7 Å². The van der Waals surface area contributed by atoms with Crippen LogP contribution >= 0.6 is 0 Å². The summed E-state index contributed by atoms with van der Waals surface area (Å²) in [7, 11) is 0. The number of aromatic nitrogens is 1. The first-order chi connectivity index (χ1) is 11.0. The number of aliphatic hydroxyl groups excluding tert-OH is 1. The molecule has 1 aliphatic rings. The van der Waals surface area contributed by atoms with Crippen molar-refractivity contribution < 1.29 is 24.0 Å². The van der Waals surface area contributed by atoms with Crippen LogP contribution in [0.5, 0.6) is 0 Å². The summed E-state index contributed by atoms with van der Waals surface area (Å²) in [6.45, 7) is 8.88. The maximum atomic E-state index is 12.6. The lowest BCUT2D eigenvalue weighted by atomic mass is 9.97. The van der Waals surface area contributed by atoms with Crippen molar-refractivity contribution in [3.63, 3.8) is 0 Å². The number of rotatable bonds is 3. The number of ether oxygens (including phenoxy) is 1. The van der Waals surface area contributed by atoms with E-state index in [0.717, 1.165) is 0 Å². The number of hydrogen-bond donors (Lipinski definition) is 2. The lowest BCUT2D eigenvalue weighted by Gasteiger charge is -2.34.